The minimum atomic E-state index is -0.200. The van der Waals surface area contributed by atoms with E-state index in [0.29, 0.717) is 41.9 Å². The maximum Gasteiger partial charge on any atom is 0.253 e. The molecule has 8 nitrogen and oxygen atoms in total. The normalized spacial score (nSPS) is 16.3. The Labute approximate surface area is 180 Å². The number of rotatable bonds is 7. The summed E-state index contributed by atoms with van der Waals surface area (Å²) in [4.78, 5) is 36.7. The number of nitrogens with one attached hydrogen (secondary N) is 2. The highest BCUT2D eigenvalue weighted by atomic mass is 35.5. The molecule has 30 heavy (non-hydrogen) atoms. The van der Waals surface area contributed by atoms with Crippen LogP contribution in [-0.4, -0.2) is 71.4 Å². The number of aromatic nitrogens is 2. The van der Waals surface area contributed by atoms with Gasteiger partial charge in [0, 0.05) is 43.0 Å². The number of likely N-dealkylation sites (N-methyl/N-ethyl adjacent to an activating group) is 1. The monoisotopic (exact) mass is 428 g/mol. The van der Waals surface area contributed by atoms with Crippen LogP contribution in [0.25, 0.3) is 0 Å². The van der Waals surface area contributed by atoms with Gasteiger partial charge >= 0.3 is 0 Å². The molecule has 1 saturated heterocycles. The highest BCUT2D eigenvalue weighted by Gasteiger charge is 2.27. The van der Waals surface area contributed by atoms with Gasteiger partial charge in [-0.2, -0.15) is 0 Å². The summed E-state index contributed by atoms with van der Waals surface area (Å²) in [5.41, 5.74) is 1.23. The molecular formula is C21H25ClN6O2. The van der Waals surface area contributed by atoms with Crippen LogP contribution in [0.15, 0.2) is 48.8 Å². The zero-order valence-corrected chi connectivity index (χ0v) is 17.8. The molecule has 0 spiro atoms. The zero-order chi connectivity index (χ0) is 21.5. The van der Waals surface area contributed by atoms with Crippen LogP contribution in [0.4, 0.5) is 11.6 Å². The molecule has 3 rings (SSSR count). The lowest BCUT2D eigenvalue weighted by atomic mass is 10.2. The predicted octanol–water partition coefficient (Wildman–Crippen LogP) is 2.51. The molecule has 1 aromatic carbocycles. The van der Waals surface area contributed by atoms with E-state index in [-0.39, 0.29) is 17.9 Å². The van der Waals surface area contributed by atoms with Crippen LogP contribution >= 0.6 is 11.6 Å². The number of anilines is 2. The Morgan fingerprint density at radius 3 is 2.60 bits per heavy atom. The number of benzene rings is 1. The van der Waals surface area contributed by atoms with Crippen molar-refractivity contribution >= 4 is 35.1 Å². The third-order valence-corrected chi connectivity index (χ3v) is 4.76. The van der Waals surface area contributed by atoms with Gasteiger partial charge in [0.05, 0.1) is 17.4 Å². The van der Waals surface area contributed by atoms with Crippen molar-refractivity contribution in [2.24, 2.45) is 0 Å². The Bertz CT molecular complexity index is 899. The molecule has 1 aliphatic heterocycles. The molecule has 1 unspecified atom stereocenters. The van der Waals surface area contributed by atoms with Gasteiger partial charge in [-0.15, -0.1) is 0 Å². The molecule has 1 atom stereocenters. The Morgan fingerprint density at radius 2 is 1.93 bits per heavy atom. The van der Waals surface area contributed by atoms with E-state index in [2.05, 4.69) is 20.6 Å². The van der Waals surface area contributed by atoms with E-state index in [1.54, 1.807) is 35.2 Å². The molecule has 2 amide bonds. The molecule has 2 heterocycles. The number of hydrogen-bond acceptors (Lipinski definition) is 6. The molecule has 158 valence electrons. The Morgan fingerprint density at radius 1 is 1.23 bits per heavy atom. The molecule has 0 bridgehead atoms. The van der Waals surface area contributed by atoms with Gasteiger partial charge in [-0.1, -0.05) is 17.7 Å². The van der Waals surface area contributed by atoms with Gasteiger partial charge in [0.25, 0.3) is 5.91 Å². The lowest BCUT2D eigenvalue weighted by Crippen LogP contribution is -2.31. The summed E-state index contributed by atoms with van der Waals surface area (Å²) in [6.07, 6.45) is 7.17. The fraction of sp³-hybridized carbons (Fsp3) is 0.333. The van der Waals surface area contributed by atoms with Crippen molar-refractivity contribution in [3.8, 4) is 0 Å². The number of nitrogens with zero attached hydrogens (tertiary/aromatic N) is 4. The van der Waals surface area contributed by atoms with E-state index < -0.39 is 0 Å². The van der Waals surface area contributed by atoms with Crippen LogP contribution in [0.5, 0.6) is 0 Å². The van der Waals surface area contributed by atoms with Crippen molar-refractivity contribution in [2.45, 2.75) is 12.5 Å². The third-order valence-electron chi connectivity index (χ3n) is 4.57. The first-order valence-electron chi connectivity index (χ1n) is 9.66. The fourth-order valence-corrected chi connectivity index (χ4v) is 3.16. The Kier molecular flexibility index (Phi) is 7.37. The van der Waals surface area contributed by atoms with Crippen LogP contribution in [0.2, 0.25) is 5.02 Å². The summed E-state index contributed by atoms with van der Waals surface area (Å²) >= 11 is 5.80. The van der Waals surface area contributed by atoms with E-state index in [1.165, 1.54) is 18.5 Å². The second-order valence-corrected chi connectivity index (χ2v) is 7.77. The highest BCUT2D eigenvalue weighted by Crippen LogP contribution is 2.18. The third kappa shape index (κ3) is 6.27. The van der Waals surface area contributed by atoms with E-state index in [4.69, 9.17) is 11.6 Å². The van der Waals surface area contributed by atoms with Crippen LogP contribution in [0.1, 0.15) is 16.8 Å². The summed E-state index contributed by atoms with van der Waals surface area (Å²) in [7, 11) is 3.87. The lowest BCUT2D eigenvalue weighted by molar-refractivity contribution is -0.111. The van der Waals surface area contributed by atoms with E-state index in [9.17, 15) is 9.59 Å². The number of likely N-dealkylation sites (tertiary alicyclic amines) is 1. The molecule has 0 radical (unpaired) electrons. The molecule has 1 aromatic heterocycles. The first-order valence-corrected chi connectivity index (χ1v) is 10.0. The van der Waals surface area contributed by atoms with Gasteiger partial charge < -0.3 is 20.4 Å². The summed E-state index contributed by atoms with van der Waals surface area (Å²) in [5, 5.41) is 6.49. The molecular weight excluding hydrogens is 404 g/mol. The topological polar surface area (TPSA) is 90.5 Å². The maximum absolute atomic E-state index is 12.8. The maximum atomic E-state index is 12.8. The fourth-order valence-electron chi connectivity index (χ4n) is 3.07. The number of halogens is 1. The van der Waals surface area contributed by atoms with E-state index in [1.807, 2.05) is 19.0 Å². The quantitative estimate of drug-likeness (QED) is 0.658. The lowest BCUT2D eigenvalue weighted by Gasteiger charge is -2.17. The minimum absolute atomic E-state index is 0.0416. The summed E-state index contributed by atoms with van der Waals surface area (Å²) in [6.45, 7) is 1.91. The summed E-state index contributed by atoms with van der Waals surface area (Å²) < 4.78 is 0. The molecule has 1 fully saturated rings. The number of hydrogen-bond donors (Lipinski definition) is 2. The van der Waals surface area contributed by atoms with Crippen molar-refractivity contribution in [3.63, 3.8) is 0 Å². The van der Waals surface area contributed by atoms with Crippen molar-refractivity contribution in [3.05, 3.63) is 59.4 Å². The summed E-state index contributed by atoms with van der Waals surface area (Å²) in [5.74, 6) is 0.257. The number of amides is 2. The average molecular weight is 429 g/mol. The largest absolute Gasteiger partial charge is 0.350 e. The average Bonchev–Trinajstić information content (AvgIpc) is 3.18. The molecule has 2 aromatic rings. The molecule has 0 aliphatic carbocycles. The van der Waals surface area contributed by atoms with Gasteiger partial charge in [-0.3, -0.25) is 9.59 Å². The van der Waals surface area contributed by atoms with Crippen molar-refractivity contribution in [2.75, 3.05) is 44.4 Å². The highest BCUT2D eigenvalue weighted by molar-refractivity contribution is 6.30. The number of carbonyl (C=O) groups is 2. The molecule has 9 heteroatoms. The standard InChI is InChI=1S/C21H25ClN6O2/c1-27(2)10-3-4-19(29)25-17-7-5-15(6-8-17)20(30)28-11-9-18(14-28)26-21-23-12-16(22)13-24-21/h3-8,12-13,18H,9-11,14H2,1-2H3,(H,25,29)(H,23,24,26)/b4-3+. The Hall–Kier alpha value is -2.97. The van der Waals surface area contributed by atoms with Crippen molar-refractivity contribution in [1.82, 2.24) is 19.8 Å². The second kappa shape index (κ2) is 10.2. The molecule has 2 N–H and O–H groups in total. The van der Waals surface area contributed by atoms with Gasteiger partial charge in [-0.25, -0.2) is 9.97 Å². The predicted molar refractivity (Wildman–Crippen MR) is 118 cm³/mol. The van der Waals surface area contributed by atoms with Gasteiger partial charge in [0.2, 0.25) is 11.9 Å². The van der Waals surface area contributed by atoms with E-state index >= 15 is 0 Å². The first-order chi connectivity index (χ1) is 14.4. The van der Waals surface area contributed by atoms with Crippen molar-refractivity contribution in [1.29, 1.82) is 0 Å². The zero-order valence-electron chi connectivity index (χ0n) is 17.0. The minimum Gasteiger partial charge on any atom is -0.350 e. The van der Waals surface area contributed by atoms with Crippen molar-refractivity contribution < 1.29 is 9.59 Å². The van der Waals surface area contributed by atoms with E-state index in [0.717, 1.165) is 6.42 Å². The van der Waals surface area contributed by atoms with Crippen LogP contribution < -0.4 is 10.6 Å². The van der Waals surface area contributed by atoms with Gasteiger partial charge in [0.15, 0.2) is 0 Å². The number of carbonyl (C=O) groups excluding carboxylic acids is 2. The Balaban J connectivity index is 1.51. The van der Waals surface area contributed by atoms with Crippen LogP contribution in [-0.2, 0) is 4.79 Å². The summed E-state index contributed by atoms with van der Waals surface area (Å²) in [6, 6.07) is 7.01. The van der Waals surface area contributed by atoms with Crippen LogP contribution in [0.3, 0.4) is 0 Å². The smallest absolute Gasteiger partial charge is 0.253 e. The first kappa shape index (κ1) is 21.7. The van der Waals surface area contributed by atoms with Gasteiger partial charge in [-0.05, 0) is 44.8 Å². The van der Waals surface area contributed by atoms with Crippen LogP contribution in [0, 0.1) is 0 Å². The van der Waals surface area contributed by atoms with Gasteiger partial charge in [0.1, 0.15) is 0 Å². The molecule has 0 saturated carbocycles. The SMILES string of the molecule is CN(C)C/C=C/C(=O)Nc1ccc(C(=O)N2CCC(Nc3ncc(Cl)cn3)C2)cc1. The second-order valence-electron chi connectivity index (χ2n) is 7.34. The molecule has 1 aliphatic rings.